The van der Waals surface area contributed by atoms with Gasteiger partial charge in [-0.3, -0.25) is 0 Å². The lowest BCUT2D eigenvalue weighted by Crippen LogP contribution is -2.40. The summed E-state index contributed by atoms with van der Waals surface area (Å²) < 4.78 is 0. The number of benzene rings is 2. The van der Waals surface area contributed by atoms with Crippen LogP contribution in [0.2, 0.25) is 0 Å². The monoisotopic (exact) mass is 346 g/mol. The predicted molar refractivity (Wildman–Crippen MR) is 112 cm³/mol. The first-order valence-corrected chi connectivity index (χ1v) is 9.75. The Labute approximate surface area is 158 Å². The summed E-state index contributed by atoms with van der Waals surface area (Å²) in [4.78, 5) is 5.16. The average Bonchev–Trinajstić information content (AvgIpc) is 2.78. The topological polar surface area (TPSA) is 6.48 Å². The second-order valence-corrected chi connectivity index (χ2v) is 8.24. The fourth-order valence-corrected chi connectivity index (χ4v) is 5.30. The third-order valence-corrected chi connectivity index (χ3v) is 6.09. The molecule has 136 valence electrons. The van der Waals surface area contributed by atoms with Crippen molar-refractivity contribution in [2.24, 2.45) is 0 Å². The Hall–Kier alpha value is -2.22. The predicted octanol–water partition coefficient (Wildman–Crippen LogP) is 6.08. The summed E-state index contributed by atoms with van der Waals surface area (Å²) >= 11 is 0. The number of nitrogens with zero attached hydrogens (tertiary/aromatic N) is 2. The van der Waals surface area contributed by atoms with E-state index in [0.717, 1.165) is 12.8 Å². The van der Waals surface area contributed by atoms with Crippen LogP contribution in [-0.2, 0) is 6.42 Å². The van der Waals surface area contributed by atoms with E-state index in [0.29, 0.717) is 6.17 Å². The zero-order chi connectivity index (χ0) is 18.7. The fraction of sp³-hybridized carbons (Fsp3) is 0.417. The highest BCUT2D eigenvalue weighted by Gasteiger charge is 2.39. The average molecular weight is 347 g/mol. The van der Waals surface area contributed by atoms with E-state index in [1.807, 2.05) is 0 Å². The first-order valence-electron chi connectivity index (χ1n) is 9.75. The molecule has 2 nitrogen and oxygen atoms in total. The molecule has 0 N–H and O–H groups in total. The van der Waals surface area contributed by atoms with Crippen LogP contribution >= 0.6 is 0 Å². The third kappa shape index (κ3) is 2.39. The molecule has 2 heteroatoms. The van der Waals surface area contributed by atoms with Crippen LogP contribution in [0, 0.1) is 34.6 Å². The number of rotatable bonds is 1. The molecule has 1 unspecified atom stereocenters. The molecule has 0 spiro atoms. The molecule has 0 radical (unpaired) electrons. The lowest BCUT2D eigenvalue weighted by molar-refractivity contribution is 0.692. The Morgan fingerprint density at radius 1 is 0.692 bits per heavy atom. The van der Waals surface area contributed by atoms with Crippen molar-refractivity contribution in [1.29, 1.82) is 0 Å². The Balaban J connectivity index is 1.88. The minimum atomic E-state index is 0.311. The van der Waals surface area contributed by atoms with Gasteiger partial charge in [-0.05, 0) is 83.6 Å². The molecule has 2 aromatic rings. The zero-order valence-corrected chi connectivity index (χ0v) is 17.2. The summed E-state index contributed by atoms with van der Waals surface area (Å²) in [5, 5.41) is 0. The second kappa shape index (κ2) is 5.90. The van der Waals surface area contributed by atoms with E-state index < -0.39 is 0 Å². The molecule has 1 atom stereocenters. The largest absolute Gasteiger partial charge is 0.322 e. The number of hydrogen-bond acceptors (Lipinski definition) is 2. The molecule has 2 aromatic carbocycles. The second-order valence-electron chi connectivity index (χ2n) is 8.24. The molecule has 0 amide bonds. The molecular weight excluding hydrogens is 316 g/mol. The van der Waals surface area contributed by atoms with Crippen molar-refractivity contribution in [3.8, 4) is 0 Å². The van der Waals surface area contributed by atoms with Crippen LogP contribution in [-0.4, -0.2) is 6.17 Å². The molecule has 0 fully saturated rings. The Kier molecular flexibility index (Phi) is 3.91. The van der Waals surface area contributed by atoms with Gasteiger partial charge >= 0.3 is 0 Å². The van der Waals surface area contributed by atoms with Gasteiger partial charge in [0.2, 0.25) is 0 Å². The minimum absolute atomic E-state index is 0.311. The molecule has 0 bridgehead atoms. The van der Waals surface area contributed by atoms with Gasteiger partial charge in [-0.15, -0.1) is 0 Å². The lowest BCUT2D eigenvalue weighted by Gasteiger charge is -2.37. The smallest absolute Gasteiger partial charge is 0.108 e. The van der Waals surface area contributed by atoms with Crippen molar-refractivity contribution in [2.45, 2.75) is 67.5 Å². The van der Waals surface area contributed by atoms with Gasteiger partial charge in [-0.1, -0.05) is 35.4 Å². The summed E-state index contributed by atoms with van der Waals surface area (Å²) in [5.74, 6) is 0. The van der Waals surface area contributed by atoms with Crippen molar-refractivity contribution in [3.63, 3.8) is 0 Å². The van der Waals surface area contributed by atoms with Crippen molar-refractivity contribution in [3.05, 3.63) is 69.0 Å². The maximum absolute atomic E-state index is 2.60. The standard InChI is InChI=1S/C24H30N2/c1-14-10-16(3)23(17(4)11-14)25-19(6)22-9-8-21-13-15(2)12-18(5)24(21)26(22)20(25)7/h10-13,20H,8-9H2,1-7H3. The summed E-state index contributed by atoms with van der Waals surface area (Å²) in [7, 11) is 0. The van der Waals surface area contributed by atoms with Crippen LogP contribution in [0.4, 0.5) is 11.4 Å². The molecule has 2 heterocycles. The molecule has 26 heavy (non-hydrogen) atoms. The molecular formula is C24H30N2. The molecule has 2 aliphatic rings. The normalized spacial score (nSPS) is 19.1. The first kappa shape index (κ1) is 17.2. The van der Waals surface area contributed by atoms with E-state index in [4.69, 9.17) is 0 Å². The summed E-state index contributed by atoms with van der Waals surface area (Å²) in [6, 6.07) is 9.33. The highest BCUT2D eigenvalue weighted by molar-refractivity contribution is 5.75. The number of hydrogen-bond donors (Lipinski definition) is 0. The summed E-state index contributed by atoms with van der Waals surface area (Å²) in [5.41, 5.74) is 14.1. The van der Waals surface area contributed by atoms with Crippen LogP contribution in [0.25, 0.3) is 0 Å². The highest BCUT2D eigenvalue weighted by Crippen LogP contribution is 2.46. The van der Waals surface area contributed by atoms with Crippen LogP contribution < -0.4 is 9.80 Å². The summed E-state index contributed by atoms with van der Waals surface area (Å²) in [6.07, 6.45) is 2.59. The van der Waals surface area contributed by atoms with Gasteiger partial charge in [-0.25, -0.2) is 0 Å². The third-order valence-electron chi connectivity index (χ3n) is 6.09. The van der Waals surface area contributed by atoms with Gasteiger partial charge in [-0.2, -0.15) is 0 Å². The molecule has 2 aliphatic heterocycles. The van der Waals surface area contributed by atoms with E-state index in [9.17, 15) is 0 Å². The van der Waals surface area contributed by atoms with E-state index >= 15 is 0 Å². The fourth-order valence-electron chi connectivity index (χ4n) is 5.30. The van der Waals surface area contributed by atoms with Gasteiger partial charge in [0.15, 0.2) is 0 Å². The Bertz CT molecular complexity index is 912. The highest BCUT2D eigenvalue weighted by atomic mass is 15.4. The van der Waals surface area contributed by atoms with E-state index in [1.54, 1.807) is 0 Å². The zero-order valence-electron chi connectivity index (χ0n) is 17.2. The number of allylic oxidation sites excluding steroid dienone is 2. The maximum atomic E-state index is 2.60. The van der Waals surface area contributed by atoms with E-state index in [-0.39, 0.29) is 0 Å². The Morgan fingerprint density at radius 2 is 1.23 bits per heavy atom. The van der Waals surface area contributed by atoms with E-state index in [1.165, 1.54) is 56.1 Å². The van der Waals surface area contributed by atoms with Gasteiger partial charge in [0, 0.05) is 22.8 Å². The minimum Gasteiger partial charge on any atom is -0.322 e. The van der Waals surface area contributed by atoms with Crippen LogP contribution in [0.5, 0.6) is 0 Å². The van der Waals surface area contributed by atoms with Gasteiger partial charge < -0.3 is 9.80 Å². The number of anilines is 2. The quantitative estimate of drug-likeness (QED) is 0.617. The molecule has 0 saturated heterocycles. The van der Waals surface area contributed by atoms with Crippen molar-refractivity contribution >= 4 is 11.4 Å². The van der Waals surface area contributed by atoms with Gasteiger partial charge in [0.25, 0.3) is 0 Å². The van der Waals surface area contributed by atoms with E-state index in [2.05, 4.69) is 82.5 Å². The SMILES string of the molecule is CC1=C2CCc3cc(C)cc(C)c3N2C(C)N1c1c(C)cc(C)cc1C. The van der Waals surface area contributed by atoms with Crippen LogP contribution in [0.15, 0.2) is 35.7 Å². The van der Waals surface area contributed by atoms with Crippen molar-refractivity contribution in [2.75, 3.05) is 9.80 Å². The number of aryl methyl sites for hydroxylation is 6. The summed E-state index contributed by atoms with van der Waals surface area (Å²) in [6.45, 7) is 15.8. The van der Waals surface area contributed by atoms with Crippen molar-refractivity contribution in [1.82, 2.24) is 0 Å². The van der Waals surface area contributed by atoms with Crippen LogP contribution in [0.3, 0.4) is 0 Å². The number of fused-ring (bicyclic) bond motifs is 3. The first-order chi connectivity index (χ1) is 12.3. The van der Waals surface area contributed by atoms with Gasteiger partial charge in [0.1, 0.15) is 6.17 Å². The lowest BCUT2D eigenvalue weighted by atomic mass is 9.94. The molecule has 4 rings (SSSR count). The van der Waals surface area contributed by atoms with Gasteiger partial charge in [0.05, 0.1) is 0 Å². The van der Waals surface area contributed by atoms with Crippen LogP contribution in [0.1, 0.15) is 53.6 Å². The molecule has 0 aromatic heterocycles. The molecule has 0 aliphatic carbocycles. The molecule has 0 saturated carbocycles. The Morgan fingerprint density at radius 3 is 1.85 bits per heavy atom. The maximum Gasteiger partial charge on any atom is 0.108 e. The van der Waals surface area contributed by atoms with Crippen molar-refractivity contribution < 1.29 is 0 Å².